The van der Waals surface area contributed by atoms with Gasteiger partial charge >= 0.3 is 5.97 Å². The van der Waals surface area contributed by atoms with Crippen LogP contribution in [0.1, 0.15) is 30.1 Å². The number of amides is 1. The van der Waals surface area contributed by atoms with Gasteiger partial charge in [-0.1, -0.05) is 72.8 Å². The third-order valence-electron chi connectivity index (χ3n) is 6.30. The van der Waals surface area contributed by atoms with Crippen molar-refractivity contribution in [2.24, 2.45) is 0 Å². The normalized spacial score (nSPS) is 22.6. The van der Waals surface area contributed by atoms with Crippen molar-refractivity contribution >= 4 is 11.9 Å². The van der Waals surface area contributed by atoms with Crippen LogP contribution in [-0.4, -0.2) is 53.0 Å². The molecule has 0 radical (unpaired) electrons. The summed E-state index contributed by atoms with van der Waals surface area (Å²) in [6.45, 7) is 10.7. The molecule has 0 saturated carbocycles. The molecule has 2 heterocycles. The zero-order chi connectivity index (χ0) is 23.5. The molecule has 1 amide bonds. The molecule has 170 valence electrons. The summed E-state index contributed by atoms with van der Waals surface area (Å²) in [5.74, 6) is -0.508. The smallest absolute Gasteiger partial charge is 0.337 e. The highest BCUT2D eigenvalue weighted by atomic mass is 16.5. The van der Waals surface area contributed by atoms with Crippen LogP contribution < -0.4 is 0 Å². The first-order valence-electron chi connectivity index (χ1n) is 11.0. The van der Waals surface area contributed by atoms with Crippen LogP contribution in [-0.2, 0) is 14.3 Å². The molecule has 2 aliphatic rings. The summed E-state index contributed by atoms with van der Waals surface area (Å²) in [6.07, 6.45) is 3.60. The van der Waals surface area contributed by atoms with Gasteiger partial charge in [0.05, 0.1) is 24.8 Å². The van der Waals surface area contributed by atoms with E-state index in [9.17, 15) is 9.59 Å². The summed E-state index contributed by atoms with van der Waals surface area (Å²) in [5.41, 5.74) is 3.00. The van der Waals surface area contributed by atoms with E-state index >= 15 is 0 Å². The van der Waals surface area contributed by atoms with Crippen LogP contribution in [0, 0.1) is 0 Å². The Kier molecular flexibility index (Phi) is 6.58. The van der Waals surface area contributed by atoms with Gasteiger partial charge in [0, 0.05) is 18.8 Å². The van der Waals surface area contributed by atoms with Gasteiger partial charge in [0.25, 0.3) is 5.91 Å². The number of fused-ring (bicyclic) bond motifs is 1. The molecule has 2 aliphatic heterocycles. The number of ether oxygens (including phenoxy) is 1. The minimum absolute atomic E-state index is 0.0788. The zero-order valence-electron chi connectivity index (χ0n) is 19.1. The Bertz CT molecular complexity index is 1070. The second-order valence-electron chi connectivity index (χ2n) is 8.17. The number of rotatable bonds is 8. The summed E-state index contributed by atoms with van der Waals surface area (Å²) in [5, 5.41) is 3.71. The highest BCUT2D eigenvalue weighted by Crippen LogP contribution is 2.51. The Labute approximate surface area is 195 Å². The molecule has 4 rings (SSSR count). The minimum Gasteiger partial charge on any atom is -0.466 e. The fourth-order valence-corrected chi connectivity index (χ4v) is 5.00. The number of hydrogen-bond donors (Lipinski definition) is 0. The van der Waals surface area contributed by atoms with Gasteiger partial charge in [-0.15, -0.1) is 13.2 Å². The van der Waals surface area contributed by atoms with E-state index in [1.165, 1.54) is 7.11 Å². The van der Waals surface area contributed by atoms with Gasteiger partial charge in [-0.2, -0.15) is 5.01 Å². The van der Waals surface area contributed by atoms with Crippen molar-refractivity contribution in [1.82, 2.24) is 14.9 Å². The Morgan fingerprint density at radius 3 is 2.06 bits per heavy atom. The molecule has 33 heavy (non-hydrogen) atoms. The van der Waals surface area contributed by atoms with Crippen molar-refractivity contribution in [2.75, 3.05) is 20.2 Å². The number of carbonyl (C=O) groups excluding carboxylic acids is 2. The van der Waals surface area contributed by atoms with Crippen LogP contribution in [0.25, 0.3) is 0 Å². The van der Waals surface area contributed by atoms with Crippen molar-refractivity contribution in [3.8, 4) is 0 Å². The lowest BCUT2D eigenvalue weighted by Crippen LogP contribution is -2.44. The number of hydrogen-bond acceptors (Lipinski definition) is 5. The fourth-order valence-electron chi connectivity index (χ4n) is 5.00. The lowest BCUT2D eigenvalue weighted by Gasteiger charge is -2.35. The van der Waals surface area contributed by atoms with E-state index in [1.54, 1.807) is 17.2 Å². The van der Waals surface area contributed by atoms with E-state index < -0.39 is 18.1 Å². The molecule has 0 unspecified atom stereocenters. The Morgan fingerprint density at radius 1 is 1.00 bits per heavy atom. The molecule has 0 spiro atoms. The molecule has 1 saturated heterocycles. The maximum absolute atomic E-state index is 14.0. The zero-order valence-corrected chi connectivity index (χ0v) is 19.1. The van der Waals surface area contributed by atoms with E-state index in [-0.39, 0.29) is 11.9 Å². The monoisotopic (exact) mass is 443 g/mol. The Hall–Kier alpha value is -3.48. The Balaban J connectivity index is 1.93. The molecule has 2 aromatic rings. The van der Waals surface area contributed by atoms with E-state index in [0.29, 0.717) is 24.4 Å². The minimum atomic E-state index is -0.469. The predicted octanol–water partition coefficient (Wildman–Crippen LogP) is 4.03. The van der Waals surface area contributed by atoms with Crippen LogP contribution >= 0.6 is 0 Å². The summed E-state index contributed by atoms with van der Waals surface area (Å²) in [4.78, 5) is 29.0. The standard InChI is InChI=1S/C27H29N3O3/c1-5-17-28(18-6-2)25-24(21-15-11-8-12-16-21)30-23(20-13-9-7-10-14-20)22(27(32)33-4)19(3)29(30)26(25)31/h5-16,23-25H,1-2,17-18H2,3-4H3/t23-,24+,25+/m1/s1. The number of carbonyl (C=O) groups is 2. The van der Waals surface area contributed by atoms with Gasteiger partial charge in [0.1, 0.15) is 6.04 Å². The van der Waals surface area contributed by atoms with Gasteiger partial charge in [-0.25, -0.2) is 9.80 Å². The highest BCUT2D eigenvalue weighted by Gasteiger charge is 2.58. The second-order valence-corrected chi connectivity index (χ2v) is 8.17. The molecule has 6 nitrogen and oxygen atoms in total. The van der Waals surface area contributed by atoms with Crippen molar-refractivity contribution < 1.29 is 14.3 Å². The number of nitrogens with zero attached hydrogens (tertiary/aromatic N) is 3. The largest absolute Gasteiger partial charge is 0.466 e. The van der Waals surface area contributed by atoms with Crippen LogP contribution in [0.3, 0.4) is 0 Å². The first kappa shape index (κ1) is 22.7. The summed E-state index contributed by atoms with van der Waals surface area (Å²) < 4.78 is 5.15. The first-order valence-corrected chi connectivity index (χ1v) is 11.0. The summed E-state index contributed by atoms with van der Waals surface area (Å²) in [7, 11) is 1.37. The third kappa shape index (κ3) is 3.81. The van der Waals surface area contributed by atoms with Crippen LogP contribution in [0.2, 0.25) is 0 Å². The molecule has 2 aromatic carbocycles. The molecule has 0 N–H and O–H groups in total. The first-order chi connectivity index (χ1) is 16.0. The molecular formula is C27H29N3O3. The number of benzene rings is 2. The number of hydrazine groups is 1. The lowest BCUT2D eigenvalue weighted by molar-refractivity contribution is -0.138. The molecule has 1 fully saturated rings. The van der Waals surface area contributed by atoms with Crippen molar-refractivity contribution in [3.05, 3.63) is 108 Å². The van der Waals surface area contributed by atoms with E-state index in [1.807, 2.05) is 72.6 Å². The summed E-state index contributed by atoms with van der Waals surface area (Å²) >= 11 is 0. The van der Waals surface area contributed by atoms with E-state index in [0.717, 1.165) is 11.1 Å². The van der Waals surface area contributed by atoms with Crippen molar-refractivity contribution in [1.29, 1.82) is 0 Å². The summed E-state index contributed by atoms with van der Waals surface area (Å²) in [6, 6.07) is 18.5. The topological polar surface area (TPSA) is 53.1 Å². The van der Waals surface area contributed by atoms with Gasteiger partial charge in [-0.3, -0.25) is 9.69 Å². The Morgan fingerprint density at radius 2 is 1.55 bits per heavy atom. The number of esters is 1. The molecule has 0 bridgehead atoms. The quantitative estimate of drug-likeness (QED) is 0.455. The average Bonchev–Trinajstić information content (AvgIpc) is 3.31. The number of methoxy groups -OCH3 is 1. The van der Waals surface area contributed by atoms with Crippen molar-refractivity contribution in [2.45, 2.75) is 25.0 Å². The van der Waals surface area contributed by atoms with Crippen LogP contribution in [0.4, 0.5) is 0 Å². The molecule has 6 heteroatoms. The van der Waals surface area contributed by atoms with Gasteiger partial charge in [0.2, 0.25) is 0 Å². The van der Waals surface area contributed by atoms with Gasteiger partial charge < -0.3 is 4.74 Å². The lowest BCUT2D eigenvalue weighted by atomic mass is 9.92. The predicted molar refractivity (Wildman–Crippen MR) is 128 cm³/mol. The van der Waals surface area contributed by atoms with Crippen molar-refractivity contribution in [3.63, 3.8) is 0 Å². The van der Waals surface area contributed by atoms with Crippen LogP contribution in [0.5, 0.6) is 0 Å². The SMILES string of the molecule is C=CCN(CC=C)[C@@H]1C(=O)N2C(C)=C(C(=O)OC)[C@@H](c3ccccc3)N2[C@H]1c1ccccc1. The fraction of sp³-hybridized carbons (Fsp3) is 0.259. The molecular weight excluding hydrogens is 414 g/mol. The third-order valence-corrected chi connectivity index (χ3v) is 6.30. The molecule has 3 atom stereocenters. The van der Waals surface area contributed by atoms with Crippen LogP contribution in [0.15, 0.2) is 97.2 Å². The second kappa shape index (κ2) is 9.57. The molecule has 0 aliphatic carbocycles. The highest BCUT2D eigenvalue weighted by molar-refractivity contribution is 5.95. The maximum atomic E-state index is 14.0. The van der Waals surface area contributed by atoms with Gasteiger partial charge in [0.15, 0.2) is 0 Å². The average molecular weight is 444 g/mol. The molecule has 0 aromatic heterocycles. The van der Waals surface area contributed by atoms with E-state index in [4.69, 9.17) is 4.74 Å². The maximum Gasteiger partial charge on any atom is 0.337 e. The number of allylic oxidation sites excluding steroid dienone is 1. The van der Waals surface area contributed by atoms with Gasteiger partial charge in [-0.05, 0) is 18.1 Å². The van der Waals surface area contributed by atoms with E-state index in [2.05, 4.69) is 18.1 Å².